The number of halogens is 2. The summed E-state index contributed by atoms with van der Waals surface area (Å²) in [6, 6.07) is 13.6. The monoisotopic (exact) mass is 510 g/mol. The fourth-order valence-electron chi connectivity index (χ4n) is 4.18. The molecule has 0 bridgehead atoms. The smallest absolute Gasteiger partial charge is 0.229 e. The second-order valence-electron chi connectivity index (χ2n) is 8.36. The topological polar surface area (TPSA) is 77.3 Å². The number of hydrogen-bond donors (Lipinski definition) is 1. The summed E-state index contributed by atoms with van der Waals surface area (Å²) in [4.78, 5) is 15.8. The second-order valence-corrected chi connectivity index (χ2v) is 9.19. The lowest BCUT2D eigenvalue weighted by atomic mass is 9.91. The highest BCUT2D eigenvalue weighted by Gasteiger charge is 2.28. The third-order valence-electron chi connectivity index (χ3n) is 5.84. The molecule has 5 rings (SSSR count). The highest BCUT2D eigenvalue weighted by molar-refractivity contribution is 6.30. The molecule has 10 heteroatoms. The summed E-state index contributed by atoms with van der Waals surface area (Å²) in [7, 11) is 5.55. The van der Waals surface area contributed by atoms with Crippen LogP contribution in [0.1, 0.15) is 22.7 Å². The van der Waals surface area contributed by atoms with Crippen molar-refractivity contribution in [3.63, 3.8) is 0 Å². The predicted octanol–water partition coefficient (Wildman–Crippen LogP) is 5.45. The highest BCUT2D eigenvalue weighted by atomic mass is 35.5. The molecule has 0 radical (unpaired) electrons. The van der Waals surface area contributed by atoms with Crippen molar-refractivity contribution in [1.29, 1.82) is 0 Å². The summed E-state index contributed by atoms with van der Waals surface area (Å²) in [5.41, 5.74) is 4.62. The molecule has 35 heavy (non-hydrogen) atoms. The van der Waals surface area contributed by atoms with Gasteiger partial charge in [0.1, 0.15) is 23.0 Å². The lowest BCUT2D eigenvalue weighted by Gasteiger charge is -2.29. The Labute approximate surface area is 213 Å². The number of nitrogens with zero attached hydrogens (tertiary/aromatic N) is 5. The molecule has 0 saturated heterocycles. The van der Waals surface area contributed by atoms with Crippen LogP contribution in [0.15, 0.2) is 55.0 Å². The second kappa shape index (κ2) is 9.73. The first kappa shape index (κ1) is 23.4. The van der Waals surface area contributed by atoms with E-state index in [1.165, 1.54) is 0 Å². The van der Waals surface area contributed by atoms with E-state index in [9.17, 15) is 0 Å². The van der Waals surface area contributed by atoms with Crippen LogP contribution in [0.25, 0.3) is 5.69 Å². The van der Waals surface area contributed by atoms with Crippen molar-refractivity contribution < 1.29 is 9.47 Å². The Morgan fingerprint density at radius 2 is 1.91 bits per heavy atom. The largest absolute Gasteiger partial charge is 0.494 e. The zero-order valence-corrected chi connectivity index (χ0v) is 21.0. The van der Waals surface area contributed by atoms with Crippen molar-refractivity contribution in [2.24, 2.45) is 0 Å². The normalized spacial score (nSPS) is 14.9. The van der Waals surface area contributed by atoms with E-state index in [4.69, 9.17) is 42.6 Å². The van der Waals surface area contributed by atoms with Gasteiger partial charge in [0, 0.05) is 42.6 Å². The van der Waals surface area contributed by atoms with Gasteiger partial charge in [-0.25, -0.2) is 9.97 Å². The SMILES string of the molecule is COc1cc(Nc2nc3c(c(N(C)C)n2)COCC3c2ccc(Cl)cc2)ccc1-n1cnc(Cl)c1. The number of imidazole rings is 1. The molecule has 4 aromatic rings. The van der Waals surface area contributed by atoms with Gasteiger partial charge in [-0.1, -0.05) is 35.3 Å². The molecule has 8 nitrogen and oxygen atoms in total. The Kier molecular flexibility index (Phi) is 6.51. The van der Waals surface area contributed by atoms with E-state index in [1.807, 2.05) is 61.5 Å². The van der Waals surface area contributed by atoms with Crippen LogP contribution in [0.3, 0.4) is 0 Å². The van der Waals surface area contributed by atoms with Crippen molar-refractivity contribution in [2.45, 2.75) is 12.5 Å². The number of anilines is 3. The van der Waals surface area contributed by atoms with E-state index in [1.54, 1.807) is 24.2 Å². The fourth-order valence-corrected chi connectivity index (χ4v) is 4.45. The summed E-state index contributed by atoms with van der Waals surface area (Å²) in [6.07, 6.45) is 3.36. The number of methoxy groups -OCH3 is 1. The van der Waals surface area contributed by atoms with E-state index in [0.717, 1.165) is 34.0 Å². The molecule has 0 fully saturated rings. The molecule has 1 aliphatic rings. The molecule has 0 amide bonds. The molecule has 1 aliphatic heterocycles. The van der Waals surface area contributed by atoms with Crippen molar-refractivity contribution in [1.82, 2.24) is 19.5 Å². The number of hydrogen-bond acceptors (Lipinski definition) is 7. The Morgan fingerprint density at radius 3 is 2.60 bits per heavy atom. The van der Waals surface area contributed by atoms with Crippen molar-refractivity contribution in [2.75, 3.05) is 38.0 Å². The summed E-state index contributed by atoms with van der Waals surface area (Å²) in [5.74, 6) is 1.94. The first-order valence-electron chi connectivity index (χ1n) is 11.0. The lowest BCUT2D eigenvalue weighted by Crippen LogP contribution is -2.25. The van der Waals surface area contributed by atoms with Crippen LogP contribution < -0.4 is 15.0 Å². The molecular weight excluding hydrogens is 487 g/mol. The zero-order valence-electron chi connectivity index (χ0n) is 19.5. The van der Waals surface area contributed by atoms with Crippen molar-refractivity contribution in [3.8, 4) is 11.4 Å². The third kappa shape index (κ3) is 4.77. The van der Waals surface area contributed by atoms with Gasteiger partial charge in [0.15, 0.2) is 0 Å². The molecule has 180 valence electrons. The van der Waals surface area contributed by atoms with Crippen LogP contribution in [0.2, 0.25) is 10.2 Å². The van der Waals surface area contributed by atoms with Gasteiger partial charge >= 0.3 is 0 Å². The van der Waals surface area contributed by atoms with Gasteiger partial charge in [-0.2, -0.15) is 4.98 Å². The summed E-state index contributed by atoms with van der Waals surface area (Å²) < 4.78 is 13.4. The summed E-state index contributed by atoms with van der Waals surface area (Å²) in [6.45, 7) is 0.997. The lowest BCUT2D eigenvalue weighted by molar-refractivity contribution is 0.0977. The maximum absolute atomic E-state index is 6.11. The number of aromatic nitrogens is 4. The van der Waals surface area contributed by atoms with Crippen LogP contribution in [0.5, 0.6) is 5.75 Å². The standard InChI is InChI=1S/C25H24Cl2N6O2/c1-32(2)24-19-13-35-12-18(15-4-6-16(26)7-5-15)23(19)30-25(31-24)29-17-8-9-20(21(10-17)34-3)33-11-22(27)28-14-33/h4-11,14,18H,12-13H2,1-3H3,(H,29,30,31). The van der Waals surface area contributed by atoms with Gasteiger partial charge < -0.3 is 24.3 Å². The van der Waals surface area contributed by atoms with E-state index < -0.39 is 0 Å². The van der Waals surface area contributed by atoms with Gasteiger partial charge in [0.25, 0.3) is 0 Å². The van der Waals surface area contributed by atoms with Gasteiger partial charge in [-0.15, -0.1) is 0 Å². The van der Waals surface area contributed by atoms with Crippen molar-refractivity contribution >= 4 is 40.7 Å². The zero-order chi connectivity index (χ0) is 24.5. The van der Waals surface area contributed by atoms with Crippen LogP contribution in [-0.2, 0) is 11.3 Å². The van der Waals surface area contributed by atoms with E-state index in [-0.39, 0.29) is 5.92 Å². The molecule has 0 saturated carbocycles. The maximum Gasteiger partial charge on any atom is 0.229 e. The summed E-state index contributed by atoms with van der Waals surface area (Å²) in [5, 5.41) is 4.45. The Bertz CT molecular complexity index is 1360. The Hall–Kier alpha value is -3.33. The minimum atomic E-state index is -0.0267. The van der Waals surface area contributed by atoms with Gasteiger partial charge in [-0.3, -0.25) is 0 Å². The van der Waals surface area contributed by atoms with E-state index >= 15 is 0 Å². The molecule has 3 heterocycles. The fraction of sp³-hybridized carbons (Fsp3) is 0.240. The molecule has 2 aromatic heterocycles. The predicted molar refractivity (Wildman–Crippen MR) is 138 cm³/mol. The number of fused-ring (bicyclic) bond motifs is 1. The first-order valence-corrected chi connectivity index (χ1v) is 11.7. The van der Waals surface area contributed by atoms with Crippen molar-refractivity contribution in [3.05, 3.63) is 82.0 Å². The first-order chi connectivity index (χ1) is 16.9. The Morgan fingerprint density at radius 1 is 1.11 bits per heavy atom. The van der Waals surface area contributed by atoms with Crippen LogP contribution in [0.4, 0.5) is 17.5 Å². The average molecular weight is 511 g/mol. The number of benzene rings is 2. The molecule has 1 atom stereocenters. The molecule has 2 aromatic carbocycles. The summed E-state index contributed by atoms with van der Waals surface area (Å²) >= 11 is 12.1. The third-order valence-corrected chi connectivity index (χ3v) is 6.29. The molecule has 0 aliphatic carbocycles. The molecular formula is C25H24Cl2N6O2. The van der Waals surface area contributed by atoms with Crippen LogP contribution >= 0.6 is 23.2 Å². The van der Waals surface area contributed by atoms with Crippen LogP contribution in [0, 0.1) is 0 Å². The van der Waals surface area contributed by atoms with Gasteiger partial charge in [0.2, 0.25) is 5.95 Å². The molecule has 0 spiro atoms. The molecule has 1 N–H and O–H groups in total. The number of rotatable bonds is 6. The minimum Gasteiger partial charge on any atom is -0.494 e. The van der Waals surface area contributed by atoms with Gasteiger partial charge in [0.05, 0.1) is 37.6 Å². The number of ether oxygens (including phenoxy) is 2. The quantitative estimate of drug-likeness (QED) is 0.369. The van der Waals surface area contributed by atoms with Crippen LogP contribution in [-0.4, -0.2) is 47.3 Å². The van der Waals surface area contributed by atoms with E-state index in [2.05, 4.69) is 10.3 Å². The van der Waals surface area contributed by atoms with Gasteiger partial charge in [-0.05, 0) is 29.8 Å². The molecule has 1 unspecified atom stereocenters. The van der Waals surface area contributed by atoms with E-state index in [0.29, 0.717) is 35.1 Å². The number of nitrogens with one attached hydrogen (secondary N) is 1. The highest BCUT2D eigenvalue weighted by Crippen LogP contribution is 2.37. The maximum atomic E-state index is 6.11. The Balaban J connectivity index is 1.53. The average Bonchev–Trinajstić information content (AvgIpc) is 3.29. The minimum absolute atomic E-state index is 0.0267.